The summed E-state index contributed by atoms with van der Waals surface area (Å²) in [6.07, 6.45) is 1.98. The Morgan fingerprint density at radius 2 is 2.18 bits per heavy atom. The number of carbonyl (C=O) groups is 2. The van der Waals surface area contributed by atoms with Gasteiger partial charge in [0.2, 0.25) is 5.91 Å². The Hall–Kier alpha value is -2.54. The van der Waals surface area contributed by atoms with Gasteiger partial charge in [0.15, 0.2) is 0 Å². The molecule has 1 amide bonds. The summed E-state index contributed by atoms with van der Waals surface area (Å²) in [7, 11) is 0. The Labute approximate surface area is 130 Å². The highest BCUT2D eigenvalue weighted by atomic mass is 16.5. The lowest BCUT2D eigenvalue weighted by atomic mass is 10.1. The van der Waals surface area contributed by atoms with Crippen molar-refractivity contribution in [2.24, 2.45) is 5.92 Å². The Morgan fingerprint density at radius 3 is 2.77 bits per heavy atom. The molecule has 1 aliphatic heterocycles. The van der Waals surface area contributed by atoms with E-state index in [9.17, 15) is 9.59 Å². The van der Waals surface area contributed by atoms with Gasteiger partial charge in [-0.3, -0.25) is 9.59 Å². The maximum atomic E-state index is 11.9. The van der Waals surface area contributed by atoms with Gasteiger partial charge in [0.25, 0.3) is 0 Å². The third kappa shape index (κ3) is 5.45. The van der Waals surface area contributed by atoms with Gasteiger partial charge in [-0.05, 0) is 12.3 Å². The number of allylic oxidation sites excluding steroid dienone is 1. The summed E-state index contributed by atoms with van der Waals surface area (Å²) in [5, 5.41) is 20.3. The van der Waals surface area contributed by atoms with Gasteiger partial charge in [0, 0.05) is 19.3 Å². The largest absolute Gasteiger partial charge is 0.466 e. The van der Waals surface area contributed by atoms with Crippen LogP contribution in [0.5, 0.6) is 0 Å². The van der Waals surface area contributed by atoms with Crippen molar-refractivity contribution in [3.63, 3.8) is 0 Å². The quantitative estimate of drug-likeness (QED) is 0.572. The molecule has 1 N–H and O–H groups in total. The van der Waals surface area contributed by atoms with E-state index in [0.29, 0.717) is 25.6 Å². The van der Waals surface area contributed by atoms with E-state index in [2.05, 4.69) is 5.32 Å². The van der Waals surface area contributed by atoms with Gasteiger partial charge >= 0.3 is 5.97 Å². The molecule has 1 rings (SSSR count). The first-order valence-electron chi connectivity index (χ1n) is 7.19. The fourth-order valence-corrected chi connectivity index (χ4v) is 1.97. The molecule has 7 nitrogen and oxygen atoms in total. The number of amides is 1. The van der Waals surface area contributed by atoms with Crippen molar-refractivity contribution in [1.29, 1.82) is 10.5 Å². The maximum absolute atomic E-state index is 11.9. The van der Waals surface area contributed by atoms with Crippen LogP contribution in [0, 0.1) is 28.6 Å². The first-order valence-corrected chi connectivity index (χ1v) is 7.19. The molecule has 1 fully saturated rings. The number of rotatable bonds is 6. The van der Waals surface area contributed by atoms with Crippen LogP contribution in [0.25, 0.3) is 0 Å². The summed E-state index contributed by atoms with van der Waals surface area (Å²) >= 11 is 0. The zero-order chi connectivity index (χ0) is 16.5. The zero-order valence-corrected chi connectivity index (χ0v) is 12.8. The van der Waals surface area contributed by atoms with E-state index in [1.807, 2.05) is 13.8 Å². The molecule has 0 spiro atoms. The van der Waals surface area contributed by atoms with Crippen molar-refractivity contribution < 1.29 is 14.3 Å². The third-order valence-corrected chi connectivity index (χ3v) is 3.23. The number of nitrogens with zero attached hydrogens (tertiary/aromatic N) is 3. The van der Waals surface area contributed by atoms with Crippen molar-refractivity contribution in [1.82, 2.24) is 10.2 Å². The molecule has 0 aromatic carbocycles. The SMILES string of the molecule is CC(C)CCOC(=O)CC1C(=O)NCCN1C=C(C#N)C#N. The molecular weight excluding hydrogens is 284 g/mol. The van der Waals surface area contributed by atoms with Crippen LogP contribution in [0.1, 0.15) is 26.7 Å². The van der Waals surface area contributed by atoms with Crippen molar-refractivity contribution in [2.45, 2.75) is 32.7 Å². The number of nitrogens with one attached hydrogen (secondary N) is 1. The maximum Gasteiger partial charge on any atom is 0.308 e. The highest BCUT2D eigenvalue weighted by Crippen LogP contribution is 2.12. The molecule has 0 aromatic heterocycles. The normalized spacial score (nSPS) is 17.2. The molecule has 0 radical (unpaired) electrons. The van der Waals surface area contributed by atoms with Crippen LogP contribution >= 0.6 is 0 Å². The predicted molar refractivity (Wildman–Crippen MR) is 77.8 cm³/mol. The van der Waals surface area contributed by atoms with Gasteiger partial charge in [-0.2, -0.15) is 10.5 Å². The minimum Gasteiger partial charge on any atom is -0.466 e. The second kappa shape index (κ2) is 8.68. The minimum absolute atomic E-state index is 0.104. The van der Waals surface area contributed by atoms with Crippen molar-refractivity contribution in [2.75, 3.05) is 19.7 Å². The molecule has 0 aliphatic carbocycles. The lowest BCUT2D eigenvalue weighted by Crippen LogP contribution is -2.54. The van der Waals surface area contributed by atoms with Crippen molar-refractivity contribution >= 4 is 11.9 Å². The summed E-state index contributed by atoms with van der Waals surface area (Å²) in [6, 6.07) is 2.74. The fourth-order valence-electron chi connectivity index (χ4n) is 1.97. The van der Waals surface area contributed by atoms with Crippen LogP contribution in [0.15, 0.2) is 11.8 Å². The van der Waals surface area contributed by atoms with Gasteiger partial charge in [0.05, 0.1) is 13.0 Å². The monoisotopic (exact) mass is 304 g/mol. The third-order valence-electron chi connectivity index (χ3n) is 3.23. The van der Waals surface area contributed by atoms with Crippen LogP contribution in [0.4, 0.5) is 0 Å². The van der Waals surface area contributed by atoms with E-state index in [4.69, 9.17) is 15.3 Å². The van der Waals surface area contributed by atoms with E-state index in [1.165, 1.54) is 6.20 Å². The minimum atomic E-state index is -0.753. The van der Waals surface area contributed by atoms with Gasteiger partial charge < -0.3 is 15.0 Å². The lowest BCUT2D eigenvalue weighted by Gasteiger charge is -2.33. The molecule has 22 heavy (non-hydrogen) atoms. The summed E-state index contributed by atoms with van der Waals surface area (Å²) in [5.41, 5.74) is -0.104. The number of hydrogen-bond donors (Lipinski definition) is 1. The number of ether oxygens (including phenoxy) is 1. The molecule has 118 valence electrons. The first-order chi connectivity index (χ1) is 10.5. The Balaban J connectivity index is 2.68. The Kier molecular flexibility index (Phi) is 6.91. The van der Waals surface area contributed by atoms with Crippen LogP contribution < -0.4 is 5.32 Å². The van der Waals surface area contributed by atoms with Gasteiger partial charge in [-0.15, -0.1) is 0 Å². The van der Waals surface area contributed by atoms with Crippen molar-refractivity contribution in [3.05, 3.63) is 11.8 Å². The highest BCUT2D eigenvalue weighted by Gasteiger charge is 2.30. The van der Waals surface area contributed by atoms with Crippen LogP contribution in [0.2, 0.25) is 0 Å². The van der Waals surface area contributed by atoms with E-state index in [-0.39, 0.29) is 17.9 Å². The van der Waals surface area contributed by atoms with E-state index in [0.717, 1.165) is 6.42 Å². The topological polar surface area (TPSA) is 106 Å². The zero-order valence-electron chi connectivity index (χ0n) is 12.8. The van der Waals surface area contributed by atoms with E-state index in [1.54, 1.807) is 17.0 Å². The number of hydrogen-bond acceptors (Lipinski definition) is 6. The Bertz CT molecular complexity index is 512. The van der Waals surface area contributed by atoms with Crippen LogP contribution in [-0.2, 0) is 14.3 Å². The second-order valence-electron chi connectivity index (χ2n) is 5.42. The standard InChI is InChI=1S/C15H20N4O3/c1-11(2)3-6-22-14(20)7-13-15(21)18-4-5-19(13)10-12(8-16)9-17/h10-11,13H,3-7H2,1-2H3,(H,18,21). The van der Waals surface area contributed by atoms with Gasteiger partial charge in [0.1, 0.15) is 23.8 Å². The smallest absolute Gasteiger partial charge is 0.308 e. The number of esters is 1. The lowest BCUT2D eigenvalue weighted by molar-refractivity contribution is -0.148. The fraction of sp³-hybridized carbons (Fsp3) is 0.600. The molecule has 1 saturated heterocycles. The molecule has 1 atom stereocenters. The number of carbonyl (C=O) groups excluding carboxylic acids is 2. The van der Waals surface area contributed by atoms with Crippen LogP contribution in [-0.4, -0.2) is 42.5 Å². The molecular formula is C15H20N4O3. The summed E-state index contributed by atoms with van der Waals surface area (Å²) in [4.78, 5) is 25.3. The number of nitriles is 2. The van der Waals surface area contributed by atoms with Crippen LogP contribution in [0.3, 0.4) is 0 Å². The van der Waals surface area contributed by atoms with E-state index < -0.39 is 12.0 Å². The van der Waals surface area contributed by atoms with Crippen molar-refractivity contribution in [3.8, 4) is 12.1 Å². The summed E-state index contributed by atoms with van der Waals surface area (Å²) in [6.45, 7) is 5.21. The molecule has 0 saturated carbocycles. The Morgan fingerprint density at radius 1 is 1.50 bits per heavy atom. The average molecular weight is 304 g/mol. The molecule has 0 aromatic rings. The average Bonchev–Trinajstić information content (AvgIpc) is 2.47. The van der Waals surface area contributed by atoms with Gasteiger partial charge in [-0.25, -0.2) is 0 Å². The number of piperazine rings is 1. The van der Waals surface area contributed by atoms with Gasteiger partial charge in [-0.1, -0.05) is 13.8 Å². The molecule has 1 aliphatic rings. The molecule has 7 heteroatoms. The summed E-state index contributed by atoms with van der Waals surface area (Å²) < 4.78 is 5.11. The van der Waals surface area contributed by atoms with E-state index >= 15 is 0 Å². The summed E-state index contributed by atoms with van der Waals surface area (Å²) in [5.74, 6) is -0.339. The molecule has 1 unspecified atom stereocenters. The molecule has 1 heterocycles. The highest BCUT2D eigenvalue weighted by molar-refractivity contribution is 5.87. The predicted octanol–water partition coefficient (Wildman–Crippen LogP) is 0.697. The molecule has 0 bridgehead atoms. The first kappa shape index (κ1) is 17.5. The second-order valence-corrected chi connectivity index (χ2v) is 5.42.